The zero-order valence-electron chi connectivity index (χ0n) is 33.1. The summed E-state index contributed by atoms with van der Waals surface area (Å²) in [5.41, 5.74) is 0.675. The van der Waals surface area contributed by atoms with Gasteiger partial charge in [-0.25, -0.2) is 14.1 Å². The molecule has 2 aliphatic rings. The number of halogens is 3. The second-order valence-electron chi connectivity index (χ2n) is 17.1. The van der Waals surface area contributed by atoms with Crippen LogP contribution in [0.4, 0.5) is 18.0 Å². The fraction of sp³-hybridized carbons (Fsp3) is 0.538. The van der Waals surface area contributed by atoms with Gasteiger partial charge < -0.3 is 14.2 Å². The van der Waals surface area contributed by atoms with E-state index in [0.29, 0.717) is 48.9 Å². The summed E-state index contributed by atoms with van der Waals surface area (Å²) in [4.78, 5) is 39.2. The third-order valence-electron chi connectivity index (χ3n) is 9.49. The molecule has 0 bridgehead atoms. The number of amides is 1. The van der Waals surface area contributed by atoms with Crippen molar-refractivity contribution >= 4 is 29.7 Å². The van der Waals surface area contributed by atoms with Crippen LogP contribution < -0.4 is 4.74 Å². The summed E-state index contributed by atoms with van der Waals surface area (Å²) in [6.07, 6.45) is -2.10. The highest BCUT2D eigenvalue weighted by Crippen LogP contribution is 2.45. The molecule has 0 aliphatic carbocycles. The van der Waals surface area contributed by atoms with Gasteiger partial charge in [0.05, 0.1) is 42.2 Å². The van der Waals surface area contributed by atoms with Crippen molar-refractivity contribution in [1.82, 2.24) is 33.8 Å². The topological polar surface area (TPSA) is 124 Å². The van der Waals surface area contributed by atoms with Crippen LogP contribution in [0, 0.1) is 26.2 Å². The lowest BCUT2D eigenvalue weighted by atomic mass is 9.71. The molecule has 55 heavy (non-hydrogen) atoms. The summed E-state index contributed by atoms with van der Waals surface area (Å²) in [5.74, 6) is -1.91. The van der Waals surface area contributed by atoms with Crippen LogP contribution in [0.1, 0.15) is 101 Å². The molecule has 0 radical (unpaired) electrons. The fourth-order valence-corrected chi connectivity index (χ4v) is 8.06. The van der Waals surface area contributed by atoms with E-state index in [1.807, 2.05) is 52.8 Å². The Bertz CT molecular complexity index is 2130. The number of fused-ring (bicyclic) bond motifs is 2. The second-order valence-corrected chi connectivity index (χ2v) is 18.2. The molecular formula is C39H48F3N7O5S. The van der Waals surface area contributed by atoms with Crippen LogP contribution in [-0.4, -0.2) is 82.3 Å². The smallest absolute Gasteiger partial charge is 0.452 e. The summed E-state index contributed by atoms with van der Waals surface area (Å²) in [6.45, 7) is 21.3. The quantitative estimate of drug-likeness (QED) is 0.140. The van der Waals surface area contributed by atoms with Gasteiger partial charge >= 0.3 is 18.2 Å². The number of pyridine rings is 3. The average Bonchev–Trinajstić information content (AvgIpc) is 3.40. The lowest BCUT2D eigenvalue weighted by Gasteiger charge is -2.49. The van der Waals surface area contributed by atoms with E-state index in [1.165, 1.54) is 18.1 Å². The van der Waals surface area contributed by atoms with E-state index in [9.17, 15) is 22.8 Å². The fourth-order valence-electron chi connectivity index (χ4n) is 6.88. The molecule has 1 fully saturated rings. The van der Waals surface area contributed by atoms with Crippen LogP contribution in [0.15, 0.2) is 41.6 Å². The number of rotatable bonds is 6. The zero-order chi connectivity index (χ0) is 40.5. The van der Waals surface area contributed by atoms with E-state index < -0.39 is 52.2 Å². The first-order valence-electron chi connectivity index (χ1n) is 18.0. The number of hydrogen-bond acceptors (Lipinski definition) is 11. The minimum absolute atomic E-state index is 0.0249. The van der Waals surface area contributed by atoms with E-state index in [0.717, 1.165) is 26.1 Å². The lowest BCUT2D eigenvalue weighted by molar-refractivity contribution is -0.166. The number of aromatic nitrogens is 5. The number of alkyl halides is 3. The number of esters is 1. The molecule has 12 nitrogen and oxygen atoms in total. The van der Waals surface area contributed by atoms with Crippen LogP contribution in [0.2, 0.25) is 0 Å². The Morgan fingerprint density at radius 2 is 1.62 bits per heavy atom. The molecule has 4 aromatic heterocycles. The average molecular weight is 784 g/mol. The minimum Gasteiger partial charge on any atom is -0.465 e. The summed E-state index contributed by atoms with van der Waals surface area (Å²) in [5, 5.41) is 7.36. The highest BCUT2D eigenvalue weighted by molar-refractivity contribution is 7.97. The third kappa shape index (κ3) is 8.39. The molecule has 296 valence electrons. The SMILES string of the molecule is Cc1cnc2c(c1)SN(Cc1nc(C(c3ccn4c(C(F)(F)F)nnc4c3C)C(C)(C)C(=O)OC(C)(C)C)ccc1C)CC1(CN(C(=O)OC(C)(C)C)C1)O2. The van der Waals surface area contributed by atoms with E-state index >= 15 is 0 Å². The molecule has 1 saturated heterocycles. The number of carbonyl (C=O) groups is 2. The number of likely N-dealkylation sites (tertiary alicyclic amines) is 1. The first kappa shape index (κ1) is 40.2. The Morgan fingerprint density at radius 3 is 2.25 bits per heavy atom. The Labute approximate surface area is 323 Å². The van der Waals surface area contributed by atoms with Crippen LogP contribution in [0.3, 0.4) is 0 Å². The van der Waals surface area contributed by atoms with Gasteiger partial charge in [-0.2, -0.15) is 13.2 Å². The van der Waals surface area contributed by atoms with E-state index in [1.54, 1.807) is 58.7 Å². The monoisotopic (exact) mass is 783 g/mol. The Kier molecular flexibility index (Phi) is 10.2. The van der Waals surface area contributed by atoms with Crippen molar-refractivity contribution in [3.8, 4) is 5.88 Å². The largest absolute Gasteiger partial charge is 0.465 e. The van der Waals surface area contributed by atoms with Crippen molar-refractivity contribution in [2.75, 3.05) is 19.6 Å². The van der Waals surface area contributed by atoms with Crippen molar-refractivity contribution in [3.63, 3.8) is 0 Å². The van der Waals surface area contributed by atoms with Gasteiger partial charge in [-0.05, 0) is 129 Å². The first-order valence-corrected chi connectivity index (χ1v) is 18.8. The second kappa shape index (κ2) is 13.9. The number of aryl methyl sites for hydroxylation is 3. The molecule has 16 heteroatoms. The maximum atomic E-state index is 14.0. The Balaban J connectivity index is 1.39. The molecule has 1 atom stereocenters. The van der Waals surface area contributed by atoms with Gasteiger partial charge in [-0.1, -0.05) is 6.07 Å². The highest BCUT2D eigenvalue weighted by Gasteiger charge is 2.52. The summed E-state index contributed by atoms with van der Waals surface area (Å²) in [6, 6.07) is 7.36. The standard InChI is InChI=1S/C39H48F3N7O5S/c1-22-16-28-31(43-17-22)52-38(19-47(20-38)34(51)54-36(7,8)9)21-48(55-28)18-27-23(2)12-13-26(44-27)29(37(10,11)33(50)53-35(4,5)6)25-14-15-49-30(24(25)3)45-46-32(49)39(40,41)42/h12-17,29H,18-21H2,1-11H3. The van der Waals surface area contributed by atoms with Gasteiger partial charge in [0.15, 0.2) is 11.2 Å². The minimum atomic E-state index is -4.71. The van der Waals surface area contributed by atoms with E-state index in [-0.39, 0.29) is 5.65 Å². The normalized spacial score (nSPS) is 16.9. The van der Waals surface area contributed by atoms with Crippen molar-refractivity contribution in [1.29, 1.82) is 0 Å². The molecule has 4 aromatic rings. The van der Waals surface area contributed by atoms with Gasteiger partial charge in [-0.3, -0.25) is 19.1 Å². The number of ether oxygens (including phenoxy) is 3. The van der Waals surface area contributed by atoms with E-state index in [2.05, 4.69) is 19.5 Å². The molecule has 1 spiro atoms. The number of nitrogens with zero attached hydrogens (tertiary/aromatic N) is 7. The lowest BCUT2D eigenvalue weighted by Crippen LogP contribution is -2.70. The third-order valence-corrected chi connectivity index (χ3v) is 10.5. The van der Waals surface area contributed by atoms with Gasteiger partial charge in [0, 0.05) is 24.0 Å². The molecule has 0 saturated carbocycles. The Hall–Kier alpha value is -4.44. The predicted octanol–water partition coefficient (Wildman–Crippen LogP) is 7.85. The number of hydrogen-bond donors (Lipinski definition) is 0. The van der Waals surface area contributed by atoms with Gasteiger partial charge in [0.25, 0.3) is 0 Å². The van der Waals surface area contributed by atoms with Crippen molar-refractivity contribution in [2.24, 2.45) is 5.41 Å². The first-order chi connectivity index (χ1) is 25.4. The summed E-state index contributed by atoms with van der Waals surface area (Å²) < 4.78 is 62.6. The van der Waals surface area contributed by atoms with Gasteiger partial charge in [0.1, 0.15) is 11.2 Å². The maximum Gasteiger partial charge on any atom is 0.452 e. The Morgan fingerprint density at radius 1 is 0.945 bits per heavy atom. The highest BCUT2D eigenvalue weighted by atomic mass is 32.2. The maximum absolute atomic E-state index is 14.0. The molecular weight excluding hydrogens is 736 g/mol. The molecule has 6 heterocycles. The molecule has 0 aromatic carbocycles. The van der Waals surface area contributed by atoms with Crippen LogP contribution in [0.25, 0.3) is 5.65 Å². The summed E-state index contributed by atoms with van der Waals surface area (Å²) >= 11 is 1.49. The van der Waals surface area contributed by atoms with Crippen molar-refractivity contribution in [3.05, 3.63) is 76.1 Å². The van der Waals surface area contributed by atoms with Gasteiger partial charge in [0.2, 0.25) is 11.7 Å². The van der Waals surface area contributed by atoms with Crippen LogP contribution in [-0.2, 0) is 27.0 Å². The molecule has 1 amide bonds. The number of carbonyl (C=O) groups excluding carboxylic acids is 2. The summed E-state index contributed by atoms with van der Waals surface area (Å²) in [7, 11) is 0. The van der Waals surface area contributed by atoms with Crippen LogP contribution in [0.5, 0.6) is 5.88 Å². The van der Waals surface area contributed by atoms with Gasteiger partial charge in [-0.15, -0.1) is 10.2 Å². The molecule has 0 N–H and O–H groups in total. The van der Waals surface area contributed by atoms with Crippen LogP contribution >= 0.6 is 11.9 Å². The van der Waals surface area contributed by atoms with E-state index in [4.69, 9.17) is 19.2 Å². The zero-order valence-corrected chi connectivity index (χ0v) is 33.9. The van der Waals surface area contributed by atoms with Crippen molar-refractivity contribution in [2.45, 2.75) is 116 Å². The molecule has 2 aliphatic heterocycles. The van der Waals surface area contributed by atoms with Crippen molar-refractivity contribution < 1.29 is 37.0 Å². The molecule has 6 rings (SSSR count). The molecule has 1 unspecified atom stereocenters. The predicted molar refractivity (Wildman–Crippen MR) is 200 cm³/mol.